The Morgan fingerprint density at radius 1 is 1.24 bits per heavy atom. The van der Waals surface area contributed by atoms with Crippen LogP contribution in [-0.2, 0) is 10.0 Å². The molecule has 17 heavy (non-hydrogen) atoms. The van der Waals surface area contributed by atoms with Crippen molar-refractivity contribution in [3.05, 3.63) is 0 Å². The third kappa shape index (κ3) is 7.01. The highest BCUT2D eigenvalue weighted by Gasteiger charge is 2.25. The second-order valence-electron chi connectivity index (χ2n) is 5.80. The monoisotopic (exact) mass is 264 g/mol. The Labute approximate surface area is 107 Å². The lowest BCUT2D eigenvalue weighted by atomic mass is 9.89. The zero-order valence-electron chi connectivity index (χ0n) is 11.9. The SMILES string of the molecule is CCCN(CC)S(=O)(=O)CC(N)CC(C)(C)C. The fourth-order valence-corrected chi connectivity index (χ4v) is 3.69. The average Bonchev–Trinajstić information content (AvgIpc) is 2.09. The molecule has 0 saturated carbocycles. The third-order valence-corrected chi connectivity index (χ3v) is 4.60. The summed E-state index contributed by atoms with van der Waals surface area (Å²) in [5.74, 6) is 0.0537. The second-order valence-corrected chi connectivity index (χ2v) is 7.81. The van der Waals surface area contributed by atoms with Crippen molar-refractivity contribution in [2.24, 2.45) is 11.1 Å². The molecule has 0 aromatic heterocycles. The first-order valence-corrected chi connectivity index (χ1v) is 7.96. The van der Waals surface area contributed by atoms with E-state index in [0.717, 1.165) is 12.8 Å². The van der Waals surface area contributed by atoms with Gasteiger partial charge >= 0.3 is 0 Å². The maximum Gasteiger partial charge on any atom is 0.215 e. The van der Waals surface area contributed by atoms with Crippen molar-refractivity contribution in [1.29, 1.82) is 0 Å². The molecule has 0 saturated heterocycles. The molecule has 0 spiro atoms. The highest BCUT2D eigenvalue weighted by Crippen LogP contribution is 2.21. The minimum atomic E-state index is -3.20. The summed E-state index contributed by atoms with van der Waals surface area (Å²) >= 11 is 0. The van der Waals surface area contributed by atoms with E-state index < -0.39 is 10.0 Å². The van der Waals surface area contributed by atoms with Crippen LogP contribution >= 0.6 is 0 Å². The molecule has 0 bridgehead atoms. The topological polar surface area (TPSA) is 63.4 Å². The van der Waals surface area contributed by atoms with E-state index in [-0.39, 0.29) is 17.2 Å². The Morgan fingerprint density at radius 3 is 2.12 bits per heavy atom. The standard InChI is InChI=1S/C12H28N2O2S/c1-6-8-14(7-2)17(15,16)10-11(13)9-12(3,4)5/h11H,6-10,13H2,1-5H3. The zero-order chi connectivity index (χ0) is 13.7. The largest absolute Gasteiger partial charge is 0.327 e. The Balaban J connectivity index is 4.53. The molecule has 2 N–H and O–H groups in total. The molecule has 1 unspecified atom stereocenters. The van der Waals surface area contributed by atoms with Gasteiger partial charge in [-0.1, -0.05) is 34.6 Å². The molecule has 0 aliphatic rings. The Kier molecular flexibility index (Phi) is 6.66. The summed E-state index contributed by atoms with van der Waals surface area (Å²) in [7, 11) is -3.20. The van der Waals surface area contributed by atoms with Gasteiger partial charge in [0, 0.05) is 19.1 Å². The molecular formula is C12H28N2O2S. The first kappa shape index (κ1) is 16.9. The van der Waals surface area contributed by atoms with Gasteiger partial charge in [-0.15, -0.1) is 0 Å². The average molecular weight is 264 g/mol. The van der Waals surface area contributed by atoms with Crippen LogP contribution in [-0.4, -0.2) is 37.6 Å². The van der Waals surface area contributed by atoms with Gasteiger partial charge in [0.05, 0.1) is 5.75 Å². The summed E-state index contributed by atoms with van der Waals surface area (Å²) in [6.45, 7) is 11.2. The number of nitrogens with zero attached hydrogens (tertiary/aromatic N) is 1. The zero-order valence-corrected chi connectivity index (χ0v) is 12.7. The number of hydrogen-bond donors (Lipinski definition) is 1. The minimum absolute atomic E-state index is 0.0537. The van der Waals surface area contributed by atoms with Crippen LogP contribution in [0.1, 0.15) is 47.5 Å². The molecule has 5 heteroatoms. The van der Waals surface area contributed by atoms with Gasteiger partial charge in [0.15, 0.2) is 0 Å². The van der Waals surface area contributed by atoms with Crippen molar-refractivity contribution in [3.8, 4) is 0 Å². The van der Waals surface area contributed by atoms with Crippen molar-refractivity contribution < 1.29 is 8.42 Å². The van der Waals surface area contributed by atoms with Crippen LogP contribution in [0.25, 0.3) is 0 Å². The van der Waals surface area contributed by atoms with Gasteiger partial charge in [-0.2, -0.15) is 0 Å². The molecule has 0 fully saturated rings. The molecule has 0 amide bonds. The number of hydrogen-bond acceptors (Lipinski definition) is 3. The molecule has 0 aliphatic heterocycles. The van der Waals surface area contributed by atoms with E-state index in [4.69, 9.17) is 5.73 Å². The van der Waals surface area contributed by atoms with E-state index in [1.807, 2.05) is 13.8 Å². The number of rotatable bonds is 7. The molecule has 0 aliphatic carbocycles. The third-order valence-electron chi connectivity index (χ3n) is 2.52. The fraction of sp³-hybridized carbons (Fsp3) is 1.00. The number of sulfonamides is 1. The summed E-state index contributed by atoms with van der Waals surface area (Å²) in [5.41, 5.74) is 5.99. The number of nitrogens with two attached hydrogens (primary N) is 1. The lowest BCUT2D eigenvalue weighted by Crippen LogP contribution is -2.41. The first-order valence-electron chi connectivity index (χ1n) is 6.35. The molecule has 0 radical (unpaired) electrons. The van der Waals surface area contributed by atoms with Gasteiger partial charge in [-0.25, -0.2) is 12.7 Å². The van der Waals surface area contributed by atoms with Crippen molar-refractivity contribution in [2.45, 2.75) is 53.5 Å². The Hall–Kier alpha value is -0.130. The summed E-state index contributed by atoms with van der Waals surface area (Å²) in [5, 5.41) is 0. The molecule has 104 valence electrons. The van der Waals surface area contributed by atoms with Gasteiger partial charge in [-0.3, -0.25) is 0 Å². The van der Waals surface area contributed by atoms with Gasteiger partial charge < -0.3 is 5.73 Å². The summed E-state index contributed by atoms with van der Waals surface area (Å²) < 4.78 is 25.7. The van der Waals surface area contributed by atoms with Gasteiger partial charge in [0.2, 0.25) is 10.0 Å². The van der Waals surface area contributed by atoms with Crippen LogP contribution in [0.4, 0.5) is 0 Å². The van der Waals surface area contributed by atoms with Crippen LogP contribution in [0.3, 0.4) is 0 Å². The highest BCUT2D eigenvalue weighted by molar-refractivity contribution is 7.89. The van der Waals surface area contributed by atoms with Crippen LogP contribution in [0, 0.1) is 5.41 Å². The van der Waals surface area contributed by atoms with Crippen molar-refractivity contribution in [1.82, 2.24) is 4.31 Å². The van der Waals surface area contributed by atoms with E-state index in [1.54, 1.807) is 0 Å². The van der Waals surface area contributed by atoms with Crippen molar-refractivity contribution >= 4 is 10.0 Å². The summed E-state index contributed by atoms with van der Waals surface area (Å²) in [4.78, 5) is 0. The normalized spacial score (nSPS) is 15.2. The van der Waals surface area contributed by atoms with E-state index >= 15 is 0 Å². The molecular weight excluding hydrogens is 236 g/mol. The van der Waals surface area contributed by atoms with Gasteiger partial charge in [0.25, 0.3) is 0 Å². The van der Waals surface area contributed by atoms with Crippen LogP contribution in [0.15, 0.2) is 0 Å². The highest BCUT2D eigenvalue weighted by atomic mass is 32.2. The van der Waals surface area contributed by atoms with E-state index in [2.05, 4.69) is 20.8 Å². The first-order chi connectivity index (χ1) is 7.62. The Morgan fingerprint density at radius 2 is 1.76 bits per heavy atom. The maximum atomic E-state index is 12.1. The van der Waals surface area contributed by atoms with Crippen LogP contribution in [0.5, 0.6) is 0 Å². The van der Waals surface area contributed by atoms with E-state index in [1.165, 1.54) is 4.31 Å². The van der Waals surface area contributed by atoms with Crippen LogP contribution in [0.2, 0.25) is 0 Å². The fourth-order valence-electron chi connectivity index (χ4n) is 1.96. The molecule has 4 nitrogen and oxygen atoms in total. The van der Waals surface area contributed by atoms with Crippen molar-refractivity contribution in [3.63, 3.8) is 0 Å². The van der Waals surface area contributed by atoms with Gasteiger partial charge in [-0.05, 0) is 18.3 Å². The smallest absolute Gasteiger partial charge is 0.215 e. The quantitative estimate of drug-likeness (QED) is 0.763. The lowest BCUT2D eigenvalue weighted by Gasteiger charge is -2.26. The van der Waals surface area contributed by atoms with Crippen molar-refractivity contribution in [2.75, 3.05) is 18.8 Å². The van der Waals surface area contributed by atoms with E-state index in [0.29, 0.717) is 13.1 Å². The Bertz CT molecular complexity index is 307. The van der Waals surface area contributed by atoms with Crippen LogP contribution < -0.4 is 5.73 Å². The predicted octanol–water partition coefficient (Wildman–Crippen LogP) is 1.81. The lowest BCUT2D eigenvalue weighted by molar-refractivity contribution is 0.345. The predicted molar refractivity (Wildman–Crippen MR) is 73.4 cm³/mol. The molecule has 1 atom stereocenters. The van der Waals surface area contributed by atoms with E-state index in [9.17, 15) is 8.42 Å². The molecule has 0 rings (SSSR count). The van der Waals surface area contributed by atoms with Gasteiger partial charge in [0.1, 0.15) is 0 Å². The molecule has 0 aromatic carbocycles. The molecule has 0 heterocycles. The second kappa shape index (κ2) is 6.71. The summed E-state index contributed by atoms with van der Waals surface area (Å²) in [6.07, 6.45) is 1.55. The molecule has 0 aromatic rings. The minimum Gasteiger partial charge on any atom is -0.327 e. The maximum absolute atomic E-state index is 12.1. The summed E-state index contributed by atoms with van der Waals surface area (Å²) in [6, 6.07) is -0.286.